The standard InChI is InChI=1S/3ClH.Th/h3*1H;/q;;;+2/p-3. The van der Waals surface area contributed by atoms with Crippen LogP contribution in [0, 0.1) is 39.9 Å². The van der Waals surface area contributed by atoms with Gasteiger partial charge in [-0.05, 0) is 0 Å². The molecule has 26 valence electrons. The largest absolute Gasteiger partial charge is 2.00 e. The summed E-state index contributed by atoms with van der Waals surface area (Å²) in [5, 5.41) is 0. The zero-order chi connectivity index (χ0) is 0. The van der Waals surface area contributed by atoms with Gasteiger partial charge in [0.25, 0.3) is 0 Å². The Balaban J connectivity index is 0. The molecule has 0 aromatic carbocycles. The molecule has 0 spiro atoms. The summed E-state index contributed by atoms with van der Waals surface area (Å²) >= 11 is 0. The first-order valence-corrected chi connectivity index (χ1v) is 0. The number of halogens is 3. The second kappa shape index (κ2) is 19.0. The number of hydrogen-bond donors (Lipinski definition) is 0. The number of rotatable bonds is 0. The van der Waals surface area contributed by atoms with Gasteiger partial charge in [-0.1, -0.05) is 0 Å². The van der Waals surface area contributed by atoms with E-state index in [4.69, 9.17) is 0 Å². The molecule has 0 aliphatic heterocycles. The van der Waals surface area contributed by atoms with E-state index in [-0.39, 0.29) is 77.2 Å². The fourth-order valence-electron chi connectivity index (χ4n) is 0. The Morgan fingerprint density at radius 1 is 0.500 bits per heavy atom. The average molecular weight is 338 g/mol. The van der Waals surface area contributed by atoms with Crippen LogP contribution in [-0.2, 0) is 0 Å². The molecular formula is Cl3Th-. The van der Waals surface area contributed by atoms with Gasteiger partial charge in [0, 0.05) is 0 Å². The van der Waals surface area contributed by atoms with Crippen LogP contribution in [0.15, 0.2) is 0 Å². The smallest absolute Gasteiger partial charge is 1.00 e. The summed E-state index contributed by atoms with van der Waals surface area (Å²) in [6.07, 6.45) is 0. The zero-order valence-electron chi connectivity index (χ0n) is 1.63. The third-order valence-electron chi connectivity index (χ3n) is 0. The van der Waals surface area contributed by atoms with E-state index in [1.807, 2.05) is 0 Å². The quantitative estimate of drug-likeness (QED) is 0.412. The van der Waals surface area contributed by atoms with Gasteiger partial charge in [0.05, 0.1) is 0 Å². The maximum Gasteiger partial charge on any atom is 2.00 e. The van der Waals surface area contributed by atoms with Crippen molar-refractivity contribution >= 4 is 0 Å². The van der Waals surface area contributed by atoms with Crippen LogP contribution in [-0.4, -0.2) is 0 Å². The van der Waals surface area contributed by atoms with E-state index >= 15 is 0 Å². The second-order valence-electron chi connectivity index (χ2n) is 0. The molecule has 0 aliphatic carbocycles. The fraction of sp³-hybridized carbons (Fsp3) is 0. The van der Waals surface area contributed by atoms with Gasteiger partial charge in [-0.15, -0.1) is 0 Å². The molecular weight excluding hydrogens is 338 g/mol. The van der Waals surface area contributed by atoms with Crippen molar-refractivity contribution in [1.29, 1.82) is 0 Å². The van der Waals surface area contributed by atoms with E-state index in [0.29, 0.717) is 0 Å². The topological polar surface area (TPSA) is 0 Å². The minimum Gasteiger partial charge on any atom is -1.00 e. The zero-order valence-corrected chi connectivity index (χ0v) is 8.01. The molecule has 4 heteroatoms. The first kappa shape index (κ1) is 34.7. The summed E-state index contributed by atoms with van der Waals surface area (Å²) in [7, 11) is 0. The Hall–Kier alpha value is 2.19. The predicted molar refractivity (Wildman–Crippen MR) is 0 cm³/mol. The Morgan fingerprint density at radius 3 is 0.500 bits per heavy atom. The minimum atomic E-state index is 0. The van der Waals surface area contributed by atoms with E-state index in [2.05, 4.69) is 0 Å². The van der Waals surface area contributed by atoms with Crippen LogP contribution in [0.4, 0.5) is 0 Å². The van der Waals surface area contributed by atoms with Crippen molar-refractivity contribution in [2.24, 2.45) is 0 Å². The van der Waals surface area contributed by atoms with Gasteiger partial charge in [-0.2, -0.15) is 0 Å². The van der Waals surface area contributed by atoms with Crippen molar-refractivity contribution in [3.8, 4) is 0 Å². The van der Waals surface area contributed by atoms with E-state index < -0.39 is 0 Å². The summed E-state index contributed by atoms with van der Waals surface area (Å²) in [6, 6.07) is 0. The van der Waals surface area contributed by atoms with Crippen molar-refractivity contribution in [2.45, 2.75) is 0 Å². The van der Waals surface area contributed by atoms with Crippen LogP contribution in [0.5, 0.6) is 0 Å². The molecule has 0 radical (unpaired) electrons. The van der Waals surface area contributed by atoms with E-state index in [1.165, 1.54) is 0 Å². The predicted octanol–water partition coefficient (Wildman–Crippen LogP) is -8.99. The van der Waals surface area contributed by atoms with Gasteiger partial charge in [-0.25, -0.2) is 0 Å². The summed E-state index contributed by atoms with van der Waals surface area (Å²) in [5.41, 5.74) is 0. The van der Waals surface area contributed by atoms with Gasteiger partial charge < -0.3 is 37.2 Å². The molecule has 0 aliphatic rings. The maximum absolute atomic E-state index is 0. The number of hydrogen-bond acceptors (Lipinski definition) is 0. The molecule has 0 aromatic rings. The molecule has 0 saturated heterocycles. The van der Waals surface area contributed by atoms with Crippen molar-refractivity contribution in [1.82, 2.24) is 0 Å². The van der Waals surface area contributed by atoms with Gasteiger partial charge in [0.2, 0.25) is 0 Å². The monoisotopic (exact) mass is 337 g/mol. The average Bonchev–Trinajstić information content (AvgIpc) is 0. The van der Waals surface area contributed by atoms with Crippen molar-refractivity contribution in [3.63, 3.8) is 0 Å². The third kappa shape index (κ3) is 8.89. The second-order valence-corrected chi connectivity index (χ2v) is 0. The summed E-state index contributed by atoms with van der Waals surface area (Å²) in [4.78, 5) is 0. The van der Waals surface area contributed by atoms with Crippen molar-refractivity contribution in [3.05, 3.63) is 0 Å². The molecule has 0 atom stereocenters. The third-order valence-corrected chi connectivity index (χ3v) is 0. The molecule has 0 fully saturated rings. The maximum atomic E-state index is 0. The Kier molecular flexibility index (Phi) is 165. The first-order valence-electron chi connectivity index (χ1n) is 0. The first-order chi connectivity index (χ1) is 0. The summed E-state index contributed by atoms with van der Waals surface area (Å²) < 4.78 is 0. The van der Waals surface area contributed by atoms with Crippen LogP contribution >= 0.6 is 0 Å². The van der Waals surface area contributed by atoms with Gasteiger partial charge in [-0.3, -0.25) is 0 Å². The Labute approximate surface area is 76.0 Å². The Morgan fingerprint density at radius 2 is 0.500 bits per heavy atom. The normalized spacial score (nSPS) is 0. The fourth-order valence-corrected chi connectivity index (χ4v) is 0. The van der Waals surface area contributed by atoms with Gasteiger partial charge in [0.1, 0.15) is 0 Å². The van der Waals surface area contributed by atoms with E-state index in [9.17, 15) is 0 Å². The molecule has 0 N–H and O–H groups in total. The molecule has 4 heavy (non-hydrogen) atoms. The summed E-state index contributed by atoms with van der Waals surface area (Å²) in [5.74, 6) is 0. The molecule has 0 heterocycles. The van der Waals surface area contributed by atoms with Crippen molar-refractivity contribution < 1.29 is 77.2 Å². The van der Waals surface area contributed by atoms with Crippen LogP contribution in [0.3, 0.4) is 0 Å². The van der Waals surface area contributed by atoms with Crippen LogP contribution < -0.4 is 37.2 Å². The molecule has 0 bridgehead atoms. The van der Waals surface area contributed by atoms with E-state index in [0.717, 1.165) is 0 Å². The minimum absolute atomic E-state index is 0. The van der Waals surface area contributed by atoms with Crippen LogP contribution in [0.25, 0.3) is 0 Å². The van der Waals surface area contributed by atoms with Gasteiger partial charge in [0.15, 0.2) is 0 Å². The van der Waals surface area contributed by atoms with Crippen LogP contribution in [0.1, 0.15) is 0 Å². The Bertz CT molecular complexity index is 3.25. The van der Waals surface area contributed by atoms with E-state index in [1.54, 1.807) is 0 Å². The van der Waals surface area contributed by atoms with Gasteiger partial charge >= 0.3 is 39.9 Å². The van der Waals surface area contributed by atoms with Crippen LogP contribution in [0.2, 0.25) is 0 Å². The molecule has 0 nitrogen and oxygen atoms in total. The molecule has 0 saturated carbocycles. The SMILES string of the molecule is [Cl-].[Cl-].[Cl-].[Th+2]. The van der Waals surface area contributed by atoms with Crippen molar-refractivity contribution in [2.75, 3.05) is 0 Å². The molecule has 0 rings (SSSR count). The summed E-state index contributed by atoms with van der Waals surface area (Å²) in [6.45, 7) is 0. The molecule has 0 aromatic heterocycles. The molecule has 0 unspecified atom stereocenters. The molecule has 0 amide bonds.